The zero-order valence-electron chi connectivity index (χ0n) is 10.0. The highest BCUT2D eigenvalue weighted by Gasteiger charge is 2.19. The Hall–Kier alpha value is -1.72. The van der Waals surface area contributed by atoms with Crippen LogP contribution in [0.1, 0.15) is 17.4 Å². The molecular formula is C13H13N3OS. The molecule has 2 heterocycles. The summed E-state index contributed by atoms with van der Waals surface area (Å²) in [6, 6.07) is 8.03. The van der Waals surface area contributed by atoms with E-state index in [-0.39, 0.29) is 0 Å². The summed E-state index contributed by atoms with van der Waals surface area (Å²) in [5.41, 5.74) is 8.56. The molecule has 0 aliphatic carbocycles. The number of fused-ring (bicyclic) bond motifs is 1. The monoisotopic (exact) mass is 259 g/mol. The molecule has 5 heteroatoms. The number of rotatable bonds is 3. The van der Waals surface area contributed by atoms with Crippen LogP contribution in [0.25, 0.3) is 22.4 Å². The summed E-state index contributed by atoms with van der Waals surface area (Å²) in [6.07, 6.45) is 0.897. The molecule has 0 atom stereocenters. The fraction of sp³-hybridized carbons (Fsp3) is 0.231. The Labute approximate surface area is 109 Å². The molecule has 0 unspecified atom stereocenters. The van der Waals surface area contributed by atoms with Gasteiger partial charge in [-0.3, -0.25) is 0 Å². The zero-order valence-corrected chi connectivity index (χ0v) is 10.8. The Morgan fingerprint density at radius 2 is 2.17 bits per heavy atom. The predicted molar refractivity (Wildman–Crippen MR) is 72.4 cm³/mol. The lowest BCUT2D eigenvalue weighted by molar-refractivity contribution is 0.623. The minimum Gasteiger partial charge on any atom is -0.454 e. The molecule has 0 amide bonds. The van der Waals surface area contributed by atoms with Crippen LogP contribution in [-0.2, 0) is 13.0 Å². The van der Waals surface area contributed by atoms with Crippen LogP contribution in [0, 0.1) is 0 Å². The lowest BCUT2D eigenvalue weighted by Gasteiger charge is -1.98. The Bertz CT molecular complexity index is 686. The van der Waals surface area contributed by atoms with Crippen LogP contribution >= 0.6 is 11.5 Å². The number of furan rings is 1. The lowest BCUT2D eigenvalue weighted by atomic mass is 10.1. The molecule has 0 aliphatic rings. The van der Waals surface area contributed by atoms with E-state index in [1.54, 1.807) is 0 Å². The SMILES string of the molecule is CCc1c(-c2nnsc2CN)oc2ccccc12. The summed E-state index contributed by atoms with van der Waals surface area (Å²) in [7, 11) is 0. The van der Waals surface area contributed by atoms with Crippen molar-refractivity contribution in [2.75, 3.05) is 0 Å². The zero-order chi connectivity index (χ0) is 12.5. The first-order chi connectivity index (χ1) is 8.85. The number of aryl methyl sites for hydroxylation is 1. The van der Waals surface area contributed by atoms with Gasteiger partial charge in [0.2, 0.25) is 0 Å². The summed E-state index contributed by atoms with van der Waals surface area (Å²) < 4.78 is 9.89. The first-order valence-corrected chi connectivity index (χ1v) is 6.64. The fourth-order valence-corrected chi connectivity index (χ4v) is 2.67. The Kier molecular flexibility index (Phi) is 2.85. The van der Waals surface area contributed by atoms with Gasteiger partial charge in [-0.15, -0.1) is 5.10 Å². The van der Waals surface area contributed by atoms with E-state index >= 15 is 0 Å². The molecule has 0 bridgehead atoms. The highest BCUT2D eigenvalue weighted by molar-refractivity contribution is 7.05. The van der Waals surface area contributed by atoms with Gasteiger partial charge in [0.15, 0.2) is 5.76 Å². The molecule has 0 aliphatic heterocycles. The van der Waals surface area contributed by atoms with Gasteiger partial charge in [0.1, 0.15) is 11.3 Å². The van der Waals surface area contributed by atoms with E-state index in [2.05, 4.69) is 22.6 Å². The minimum absolute atomic E-state index is 0.438. The Morgan fingerprint density at radius 1 is 1.33 bits per heavy atom. The van der Waals surface area contributed by atoms with Crippen molar-refractivity contribution < 1.29 is 4.42 Å². The van der Waals surface area contributed by atoms with Crippen LogP contribution < -0.4 is 5.73 Å². The van der Waals surface area contributed by atoms with E-state index < -0.39 is 0 Å². The summed E-state index contributed by atoms with van der Waals surface area (Å²) in [5, 5.41) is 5.30. The van der Waals surface area contributed by atoms with Crippen molar-refractivity contribution in [2.45, 2.75) is 19.9 Å². The number of para-hydroxylation sites is 1. The van der Waals surface area contributed by atoms with Crippen LogP contribution in [0.4, 0.5) is 0 Å². The molecule has 0 saturated carbocycles. The van der Waals surface area contributed by atoms with Crippen molar-refractivity contribution in [2.24, 2.45) is 5.73 Å². The normalized spacial score (nSPS) is 11.2. The van der Waals surface area contributed by atoms with Crippen molar-refractivity contribution in [3.63, 3.8) is 0 Å². The molecule has 2 N–H and O–H groups in total. The second-order valence-electron chi connectivity index (χ2n) is 4.01. The summed E-state index contributed by atoms with van der Waals surface area (Å²) >= 11 is 1.33. The third-order valence-electron chi connectivity index (χ3n) is 3.01. The molecule has 0 fully saturated rings. The van der Waals surface area contributed by atoms with E-state index in [1.807, 2.05) is 18.2 Å². The van der Waals surface area contributed by atoms with E-state index in [4.69, 9.17) is 10.2 Å². The average Bonchev–Trinajstić information content (AvgIpc) is 3.01. The van der Waals surface area contributed by atoms with Gasteiger partial charge in [0, 0.05) is 17.5 Å². The largest absolute Gasteiger partial charge is 0.454 e. The van der Waals surface area contributed by atoms with Crippen molar-refractivity contribution in [1.29, 1.82) is 0 Å². The third kappa shape index (κ3) is 1.63. The van der Waals surface area contributed by atoms with Gasteiger partial charge >= 0.3 is 0 Å². The van der Waals surface area contributed by atoms with Crippen molar-refractivity contribution in [3.05, 3.63) is 34.7 Å². The number of hydrogen-bond donors (Lipinski definition) is 1. The fourth-order valence-electron chi connectivity index (χ4n) is 2.16. The van der Waals surface area contributed by atoms with Gasteiger partial charge in [0.25, 0.3) is 0 Å². The maximum absolute atomic E-state index is 5.93. The Balaban J connectivity index is 2.29. The second kappa shape index (κ2) is 4.51. The van der Waals surface area contributed by atoms with Gasteiger partial charge in [-0.25, -0.2) is 0 Å². The maximum Gasteiger partial charge on any atom is 0.160 e. The van der Waals surface area contributed by atoms with Gasteiger partial charge in [-0.1, -0.05) is 29.6 Å². The van der Waals surface area contributed by atoms with E-state index in [0.29, 0.717) is 6.54 Å². The molecule has 3 rings (SSSR count). The van der Waals surface area contributed by atoms with E-state index in [0.717, 1.165) is 33.7 Å². The number of benzene rings is 1. The Morgan fingerprint density at radius 3 is 2.94 bits per heavy atom. The molecule has 4 nitrogen and oxygen atoms in total. The standard InChI is InChI=1S/C13H13N3OS/c1-2-8-9-5-3-4-6-10(9)17-13(8)12-11(7-14)18-16-15-12/h3-6H,2,7,14H2,1H3. The molecule has 1 aromatic carbocycles. The topological polar surface area (TPSA) is 64.9 Å². The van der Waals surface area contributed by atoms with Crippen molar-refractivity contribution in [1.82, 2.24) is 9.59 Å². The summed E-state index contributed by atoms with van der Waals surface area (Å²) in [5.74, 6) is 0.813. The first-order valence-electron chi connectivity index (χ1n) is 5.87. The van der Waals surface area contributed by atoms with Gasteiger partial charge in [0.05, 0.1) is 4.88 Å². The minimum atomic E-state index is 0.438. The molecular weight excluding hydrogens is 246 g/mol. The highest BCUT2D eigenvalue weighted by atomic mass is 32.1. The van der Waals surface area contributed by atoms with Crippen LogP contribution in [-0.4, -0.2) is 9.59 Å². The molecule has 2 aromatic heterocycles. The molecule has 0 saturated heterocycles. The van der Waals surface area contributed by atoms with Crippen molar-refractivity contribution in [3.8, 4) is 11.5 Å². The second-order valence-corrected chi connectivity index (χ2v) is 4.85. The quantitative estimate of drug-likeness (QED) is 0.785. The molecule has 3 aromatic rings. The average molecular weight is 259 g/mol. The van der Waals surface area contributed by atoms with Gasteiger partial charge in [-0.05, 0) is 24.0 Å². The number of hydrogen-bond acceptors (Lipinski definition) is 5. The van der Waals surface area contributed by atoms with Crippen LogP contribution in [0.3, 0.4) is 0 Å². The number of nitrogens with zero attached hydrogens (tertiary/aromatic N) is 2. The van der Waals surface area contributed by atoms with Crippen LogP contribution in [0.15, 0.2) is 28.7 Å². The smallest absolute Gasteiger partial charge is 0.160 e. The highest BCUT2D eigenvalue weighted by Crippen LogP contribution is 2.35. The van der Waals surface area contributed by atoms with E-state index in [1.165, 1.54) is 17.1 Å². The third-order valence-corrected chi connectivity index (χ3v) is 3.75. The summed E-state index contributed by atoms with van der Waals surface area (Å²) in [6.45, 7) is 2.55. The van der Waals surface area contributed by atoms with Crippen LogP contribution in [0.5, 0.6) is 0 Å². The first kappa shape index (κ1) is 11.4. The van der Waals surface area contributed by atoms with Gasteiger partial charge < -0.3 is 10.2 Å². The predicted octanol–water partition coefficient (Wildman–Crippen LogP) is 2.97. The molecule has 18 heavy (non-hydrogen) atoms. The maximum atomic E-state index is 5.93. The van der Waals surface area contributed by atoms with Crippen LogP contribution in [0.2, 0.25) is 0 Å². The molecule has 0 spiro atoms. The van der Waals surface area contributed by atoms with Gasteiger partial charge in [-0.2, -0.15) is 0 Å². The lowest BCUT2D eigenvalue weighted by Crippen LogP contribution is -1.96. The number of nitrogens with two attached hydrogens (primary N) is 1. The van der Waals surface area contributed by atoms with Crippen molar-refractivity contribution >= 4 is 22.5 Å². The molecule has 92 valence electrons. The molecule has 0 radical (unpaired) electrons. The summed E-state index contributed by atoms with van der Waals surface area (Å²) in [4.78, 5) is 0.962. The van der Waals surface area contributed by atoms with E-state index in [9.17, 15) is 0 Å². The number of aromatic nitrogens is 2.